The topological polar surface area (TPSA) is 49.8 Å². The molecule has 1 aliphatic heterocycles. The Kier molecular flexibility index (Phi) is 3.79. The number of hydrogen-bond acceptors (Lipinski definition) is 4. The molecule has 0 saturated carbocycles. The molecule has 2 atom stereocenters. The predicted molar refractivity (Wildman–Crippen MR) is 74.5 cm³/mol. The first-order valence-corrected chi connectivity index (χ1v) is 6.38. The van der Waals surface area contributed by atoms with Crippen molar-refractivity contribution < 1.29 is 14.6 Å². The van der Waals surface area contributed by atoms with Gasteiger partial charge in [-0.05, 0) is 37.6 Å². The number of phenolic OH excluding ortho intramolecular Hbond substituents is 1. The van der Waals surface area contributed by atoms with Crippen molar-refractivity contribution in [3.63, 3.8) is 0 Å². The Morgan fingerprint density at radius 1 is 1.58 bits per heavy atom. The number of benzene rings is 1. The number of anilines is 1. The number of ketones is 1. The van der Waals surface area contributed by atoms with E-state index in [1.54, 1.807) is 19.1 Å². The maximum absolute atomic E-state index is 11.9. The van der Waals surface area contributed by atoms with Crippen LogP contribution in [-0.4, -0.2) is 30.1 Å². The smallest absolute Gasteiger partial charge is 0.139 e. The summed E-state index contributed by atoms with van der Waals surface area (Å²) in [7, 11) is 0. The number of carbonyl (C=O) groups excluding carboxylic acids is 1. The summed E-state index contributed by atoms with van der Waals surface area (Å²) in [5.41, 5.74) is 1.90. The van der Waals surface area contributed by atoms with Crippen molar-refractivity contribution in [2.75, 3.05) is 18.1 Å². The van der Waals surface area contributed by atoms with E-state index in [1.807, 2.05) is 13.0 Å². The number of fused-ring (bicyclic) bond motifs is 1. The Morgan fingerprint density at radius 3 is 2.95 bits per heavy atom. The van der Waals surface area contributed by atoms with Gasteiger partial charge >= 0.3 is 0 Å². The third-order valence-corrected chi connectivity index (χ3v) is 3.64. The number of carbonyl (C=O) groups is 1. The van der Waals surface area contributed by atoms with Gasteiger partial charge in [0, 0.05) is 11.7 Å². The van der Waals surface area contributed by atoms with E-state index in [1.165, 1.54) is 6.26 Å². The van der Waals surface area contributed by atoms with Crippen molar-refractivity contribution in [2.24, 2.45) is 0 Å². The largest absolute Gasteiger partial charge is 0.508 e. The molecule has 2 rings (SSSR count). The number of rotatable bonds is 5. The van der Waals surface area contributed by atoms with E-state index in [9.17, 15) is 9.90 Å². The molecule has 0 radical (unpaired) electrons. The number of hydrogen-bond donors (Lipinski definition) is 1. The van der Waals surface area contributed by atoms with Crippen LogP contribution in [0.3, 0.4) is 0 Å². The second kappa shape index (κ2) is 5.34. The lowest BCUT2D eigenvalue weighted by Gasteiger charge is -2.26. The van der Waals surface area contributed by atoms with Crippen molar-refractivity contribution in [3.8, 4) is 5.75 Å². The van der Waals surface area contributed by atoms with Crippen LogP contribution in [0.1, 0.15) is 25.3 Å². The first-order valence-electron chi connectivity index (χ1n) is 6.38. The Morgan fingerprint density at radius 2 is 2.32 bits per heavy atom. The lowest BCUT2D eigenvalue weighted by atomic mass is 9.92. The molecule has 102 valence electrons. The fourth-order valence-electron chi connectivity index (χ4n) is 2.83. The highest BCUT2D eigenvalue weighted by Gasteiger charge is 2.38. The lowest BCUT2D eigenvalue weighted by Crippen LogP contribution is -2.35. The molecule has 4 nitrogen and oxygen atoms in total. The molecular formula is C15H19NO3. The van der Waals surface area contributed by atoms with Crippen molar-refractivity contribution in [3.05, 3.63) is 36.6 Å². The standard InChI is InChI=1S/C15H19NO3/c1-4-19-8-7-16-10(2)15(11(3)17)13-9-12(18)5-6-14(13)16/h4-6,9-10,15,18H,1,7-8H2,2-3H3. The summed E-state index contributed by atoms with van der Waals surface area (Å²) in [6, 6.07) is 5.27. The quantitative estimate of drug-likeness (QED) is 0.653. The van der Waals surface area contributed by atoms with E-state index in [0.29, 0.717) is 13.2 Å². The van der Waals surface area contributed by atoms with Crippen molar-refractivity contribution in [1.82, 2.24) is 0 Å². The van der Waals surface area contributed by atoms with Gasteiger partial charge in [-0.25, -0.2) is 0 Å². The summed E-state index contributed by atoms with van der Waals surface area (Å²) in [4.78, 5) is 14.0. The van der Waals surface area contributed by atoms with Crippen molar-refractivity contribution in [2.45, 2.75) is 25.8 Å². The molecule has 0 aliphatic carbocycles. The molecule has 0 saturated heterocycles. The summed E-state index contributed by atoms with van der Waals surface area (Å²) in [5.74, 6) is 0.124. The number of Topliss-reactive ketones (excluding diaryl/α,β-unsaturated/α-hetero) is 1. The minimum absolute atomic E-state index is 0.0720. The fourth-order valence-corrected chi connectivity index (χ4v) is 2.83. The molecule has 1 heterocycles. The van der Waals surface area contributed by atoms with Crippen LogP contribution in [0.4, 0.5) is 5.69 Å². The second-order valence-corrected chi connectivity index (χ2v) is 4.80. The number of ether oxygens (including phenoxy) is 1. The Labute approximate surface area is 113 Å². The molecule has 0 amide bonds. The van der Waals surface area contributed by atoms with E-state index in [-0.39, 0.29) is 23.5 Å². The zero-order valence-electron chi connectivity index (χ0n) is 11.3. The Hall–Kier alpha value is -1.97. The van der Waals surface area contributed by atoms with Crippen LogP contribution < -0.4 is 4.90 Å². The summed E-state index contributed by atoms with van der Waals surface area (Å²) in [6.07, 6.45) is 1.42. The van der Waals surface area contributed by atoms with Gasteiger partial charge in [-0.1, -0.05) is 6.58 Å². The molecular weight excluding hydrogens is 242 g/mol. The van der Waals surface area contributed by atoms with E-state index >= 15 is 0 Å². The first kappa shape index (κ1) is 13.5. The summed E-state index contributed by atoms with van der Waals surface area (Å²) in [6.45, 7) is 8.35. The van der Waals surface area contributed by atoms with Crippen LogP contribution in [0.25, 0.3) is 0 Å². The van der Waals surface area contributed by atoms with Gasteiger partial charge in [0.1, 0.15) is 18.1 Å². The third-order valence-electron chi connectivity index (χ3n) is 3.64. The molecule has 0 aromatic heterocycles. The normalized spacial score (nSPS) is 21.1. The maximum Gasteiger partial charge on any atom is 0.139 e. The van der Waals surface area contributed by atoms with E-state index < -0.39 is 0 Å². The molecule has 1 aliphatic rings. The average molecular weight is 261 g/mol. The molecule has 0 spiro atoms. The van der Waals surface area contributed by atoms with Crippen molar-refractivity contribution >= 4 is 11.5 Å². The van der Waals surface area contributed by atoms with Gasteiger partial charge in [0.15, 0.2) is 0 Å². The van der Waals surface area contributed by atoms with Crippen molar-refractivity contribution in [1.29, 1.82) is 0 Å². The minimum Gasteiger partial charge on any atom is -0.508 e. The number of aromatic hydroxyl groups is 1. The van der Waals surface area contributed by atoms with Crippen LogP contribution >= 0.6 is 0 Å². The Balaban J connectivity index is 2.32. The predicted octanol–water partition coefficient (Wildman–Crippen LogP) is 2.43. The van der Waals surface area contributed by atoms with Gasteiger partial charge in [-0.15, -0.1) is 0 Å². The van der Waals surface area contributed by atoms with E-state index in [2.05, 4.69) is 11.5 Å². The van der Waals surface area contributed by atoms with Crippen LogP contribution in [0.15, 0.2) is 31.0 Å². The average Bonchev–Trinajstić information content (AvgIpc) is 2.62. The molecule has 1 aromatic rings. The maximum atomic E-state index is 11.9. The molecule has 0 fully saturated rings. The van der Waals surface area contributed by atoms with Crippen LogP contribution in [-0.2, 0) is 9.53 Å². The first-order chi connectivity index (χ1) is 9.06. The van der Waals surface area contributed by atoms with Gasteiger partial charge < -0.3 is 14.7 Å². The van der Waals surface area contributed by atoms with Crippen LogP contribution in [0.2, 0.25) is 0 Å². The van der Waals surface area contributed by atoms with Crippen LogP contribution in [0.5, 0.6) is 5.75 Å². The highest BCUT2D eigenvalue weighted by Crippen LogP contribution is 2.42. The monoisotopic (exact) mass is 261 g/mol. The third kappa shape index (κ3) is 2.43. The number of nitrogens with zero attached hydrogens (tertiary/aromatic N) is 1. The molecule has 1 N–H and O–H groups in total. The highest BCUT2D eigenvalue weighted by molar-refractivity contribution is 5.89. The Bertz CT molecular complexity index is 498. The zero-order valence-corrected chi connectivity index (χ0v) is 11.3. The summed E-state index contributed by atoms with van der Waals surface area (Å²) in [5, 5.41) is 9.61. The van der Waals surface area contributed by atoms with Gasteiger partial charge in [-0.3, -0.25) is 4.79 Å². The highest BCUT2D eigenvalue weighted by atomic mass is 16.5. The SMILES string of the molecule is C=COCCN1c2ccc(O)cc2C(C(C)=O)C1C. The molecule has 0 bridgehead atoms. The van der Waals surface area contributed by atoms with Crippen LogP contribution in [0, 0.1) is 0 Å². The molecule has 19 heavy (non-hydrogen) atoms. The van der Waals surface area contributed by atoms with Gasteiger partial charge in [0.2, 0.25) is 0 Å². The summed E-state index contributed by atoms with van der Waals surface area (Å²) < 4.78 is 5.17. The molecule has 4 heteroatoms. The second-order valence-electron chi connectivity index (χ2n) is 4.80. The van der Waals surface area contributed by atoms with E-state index in [4.69, 9.17) is 4.74 Å². The minimum atomic E-state index is -0.189. The van der Waals surface area contributed by atoms with Gasteiger partial charge in [0.05, 0.1) is 18.7 Å². The van der Waals surface area contributed by atoms with Gasteiger partial charge in [0.25, 0.3) is 0 Å². The van der Waals surface area contributed by atoms with Gasteiger partial charge in [-0.2, -0.15) is 0 Å². The molecule has 2 unspecified atom stereocenters. The lowest BCUT2D eigenvalue weighted by molar-refractivity contribution is -0.118. The van der Waals surface area contributed by atoms with E-state index in [0.717, 1.165) is 11.3 Å². The summed E-state index contributed by atoms with van der Waals surface area (Å²) >= 11 is 0. The molecule has 1 aromatic carbocycles. The number of phenols is 1. The fraction of sp³-hybridized carbons (Fsp3) is 0.400. The zero-order chi connectivity index (χ0) is 14.0.